The predicted octanol–water partition coefficient (Wildman–Crippen LogP) is -0.363. The summed E-state index contributed by atoms with van der Waals surface area (Å²) in [5.41, 5.74) is 1.55. The van der Waals surface area contributed by atoms with Gasteiger partial charge in [-0.15, -0.1) is 0 Å². The second-order valence-corrected chi connectivity index (χ2v) is 6.33. The number of carboxylic acid groups (broad SMARTS) is 1. The molecule has 9 heteroatoms. The van der Waals surface area contributed by atoms with Crippen LogP contribution in [0.5, 0.6) is 0 Å². The van der Waals surface area contributed by atoms with Crippen molar-refractivity contribution < 1.29 is 52.7 Å². The summed E-state index contributed by atoms with van der Waals surface area (Å²) in [7, 11) is 0. The second kappa shape index (κ2) is 6.33. The van der Waals surface area contributed by atoms with E-state index in [2.05, 4.69) is 15.3 Å². The molecule has 1 fully saturated rings. The van der Waals surface area contributed by atoms with Crippen molar-refractivity contribution >= 4 is 40.2 Å². The number of aromatic nitrogens is 2. The number of carbonyl (C=O) groups is 1. The number of carboxylic acids is 1. The molecule has 0 radical (unpaired) electrons. The van der Waals surface area contributed by atoms with E-state index in [1.165, 1.54) is 18.2 Å². The van der Waals surface area contributed by atoms with Crippen LogP contribution in [0.3, 0.4) is 0 Å². The van der Waals surface area contributed by atoms with Crippen molar-refractivity contribution in [2.75, 3.05) is 5.32 Å². The molecule has 0 aliphatic heterocycles. The van der Waals surface area contributed by atoms with E-state index in [4.69, 9.17) is 8.83 Å². The van der Waals surface area contributed by atoms with Crippen molar-refractivity contribution in [1.29, 1.82) is 0 Å². The number of fused-ring (bicyclic) bond motifs is 2. The fraction of sp³-hybridized carbons (Fsp3) is 0.167. The molecule has 0 spiro atoms. The Kier molecular flexibility index (Phi) is 4.21. The average Bonchev–Trinajstić information content (AvgIpc) is 3.19. The van der Waals surface area contributed by atoms with Gasteiger partial charge in [0.05, 0.1) is 5.97 Å². The number of aliphatic carboxylic acids is 1. The van der Waals surface area contributed by atoms with Gasteiger partial charge in [-0.3, -0.25) is 5.32 Å². The molecular weight excluding hydrogens is 364 g/mol. The summed E-state index contributed by atoms with van der Waals surface area (Å²) in [6.45, 7) is 0. The number of anilines is 2. The summed E-state index contributed by atoms with van der Waals surface area (Å²) in [6, 6.07) is 9.36. The zero-order valence-corrected chi connectivity index (χ0v) is 16.3. The van der Waals surface area contributed by atoms with Gasteiger partial charge in [0.15, 0.2) is 11.2 Å². The fourth-order valence-electron chi connectivity index (χ4n) is 3.06. The van der Waals surface area contributed by atoms with Crippen LogP contribution in [0.15, 0.2) is 45.2 Å². The van der Waals surface area contributed by atoms with Crippen molar-refractivity contribution in [3.05, 3.63) is 47.8 Å². The van der Waals surface area contributed by atoms with E-state index in [1.807, 2.05) is 0 Å². The van der Waals surface area contributed by atoms with Crippen LogP contribution >= 0.6 is 0 Å². The Bertz CT molecular complexity index is 1180. The van der Waals surface area contributed by atoms with E-state index in [0.717, 1.165) is 0 Å². The van der Waals surface area contributed by atoms with Gasteiger partial charge < -0.3 is 18.7 Å². The first-order chi connectivity index (χ1) is 12.5. The summed E-state index contributed by atoms with van der Waals surface area (Å²) in [5, 5.41) is 14.2. The number of hydrogen-bond donors (Lipinski definition) is 1. The molecule has 0 atom stereocenters. The van der Waals surface area contributed by atoms with Gasteiger partial charge in [0.2, 0.25) is 0 Å². The van der Waals surface area contributed by atoms with E-state index in [0.29, 0.717) is 40.6 Å². The molecule has 1 N–H and O–H groups in total. The molecular formula is C18H11FN3NaO4. The maximum Gasteiger partial charge on any atom is 1.00 e. The van der Waals surface area contributed by atoms with E-state index >= 15 is 0 Å². The van der Waals surface area contributed by atoms with Crippen LogP contribution in [0.2, 0.25) is 0 Å². The maximum atomic E-state index is 13.2. The van der Waals surface area contributed by atoms with Crippen LogP contribution in [0.4, 0.5) is 16.4 Å². The predicted molar refractivity (Wildman–Crippen MR) is 87.2 cm³/mol. The first-order valence-corrected chi connectivity index (χ1v) is 7.99. The summed E-state index contributed by atoms with van der Waals surface area (Å²) < 4.78 is 24.3. The number of carbonyl (C=O) groups excluding carboxylic acids is 1. The largest absolute Gasteiger partial charge is 1.00 e. The van der Waals surface area contributed by atoms with Crippen LogP contribution in [-0.4, -0.2) is 15.9 Å². The van der Waals surface area contributed by atoms with Crippen molar-refractivity contribution in [2.45, 2.75) is 18.3 Å². The Balaban J connectivity index is 0.00000180. The molecule has 2 aromatic heterocycles. The minimum Gasteiger partial charge on any atom is -0.549 e. The maximum absolute atomic E-state index is 13.2. The zero-order valence-electron chi connectivity index (χ0n) is 14.3. The van der Waals surface area contributed by atoms with E-state index in [9.17, 15) is 14.3 Å². The van der Waals surface area contributed by atoms with Gasteiger partial charge in [-0.25, -0.2) is 4.39 Å². The number of oxazole rings is 2. The Labute approximate surface area is 173 Å². The van der Waals surface area contributed by atoms with E-state index < -0.39 is 17.2 Å². The number of rotatable bonds is 4. The van der Waals surface area contributed by atoms with Gasteiger partial charge in [0, 0.05) is 11.5 Å². The SMILES string of the molecule is O=C([O-])C1(c2ccc3oc(Nc4nc5cc(F)ccc5o4)nc3c2)CC1.[Na+]. The van der Waals surface area contributed by atoms with Crippen LogP contribution < -0.4 is 40.0 Å². The molecule has 2 heterocycles. The molecule has 0 saturated heterocycles. The number of hydrogen-bond acceptors (Lipinski definition) is 7. The Morgan fingerprint density at radius 1 is 1.04 bits per heavy atom. The van der Waals surface area contributed by atoms with Gasteiger partial charge in [0.25, 0.3) is 0 Å². The molecule has 130 valence electrons. The van der Waals surface area contributed by atoms with E-state index in [-0.39, 0.29) is 41.6 Å². The molecule has 27 heavy (non-hydrogen) atoms. The molecule has 1 saturated carbocycles. The van der Waals surface area contributed by atoms with Gasteiger partial charge in [-0.05, 0) is 42.7 Å². The Morgan fingerprint density at radius 3 is 2.22 bits per heavy atom. The Morgan fingerprint density at radius 2 is 1.63 bits per heavy atom. The second-order valence-electron chi connectivity index (χ2n) is 6.33. The standard InChI is InChI=1S/C18H12FN3O4.Na/c19-10-2-4-14-12(8-10)21-17(26-14)22-16-20-11-7-9(1-3-13(11)25-16)18(5-6-18)15(23)24;/h1-4,7-8H,5-6H2,(H,23,24)(H,20,21,22);/q;+1/p-1. The molecule has 4 aromatic rings. The van der Waals surface area contributed by atoms with Gasteiger partial charge in [-0.1, -0.05) is 6.07 Å². The van der Waals surface area contributed by atoms with Crippen LogP contribution in [0.25, 0.3) is 22.2 Å². The average molecular weight is 375 g/mol. The fourth-order valence-corrected chi connectivity index (χ4v) is 3.06. The molecule has 0 bridgehead atoms. The summed E-state index contributed by atoms with van der Waals surface area (Å²) in [5.74, 6) is -1.48. The summed E-state index contributed by atoms with van der Waals surface area (Å²) in [4.78, 5) is 19.8. The normalized spacial score (nSPS) is 14.9. The molecule has 7 nitrogen and oxygen atoms in total. The van der Waals surface area contributed by atoms with Gasteiger partial charge in [-0.2, -0.15) is 9.97 Å². The first kappa shape index (κ1) is 18.0. The van der Waals surface area contributed by atoms with Crippen molar-refractivity contribution in [3.63, 3.8) is 0 Å². The third-order valence-electron chi connectivity index (χ3n) is 4.64. The van der Waals surface area contributed by atoms with E-state index in [1.54, 1.807) is 18.2 Å². The summed E-state index contributed by atoms with van der Waals surface area (Å²) in [6.07, 6.45) is 1.12. The number of halogens is 1. The molecule has 1 aliphatic carbocycles. The zero-order chi connectivity index (χ0) is 17.9. The molecule has 5 rings (SSSR count). The third kappa shape index (κ3) is 2.99. The van der Waals surface area contributed by atoms with Crippen molar-refractivity contribution in [2.24, 2.45) is 0 Å². The summed E-state index contributed by atoms with van der Waals surface area (Å²) >= 11 is 0. The number of benzene rings is 2. The number of nitrogens with one attached hydrogen (secondary N) is 1. The Hall–Kier alpha value is -2.42. The van der Waals surface area contributed by atoms with Crippen LogP contribution in [0, 0.1) is 5.82 Å². The molecule has 1 aliphatic rings. The van der Waals surface area contributed by atoms with Gasteiger partial charge in [0.1, 0.15) is 16.9 Å². The molecule has 2 aromatic carbocycles. The monoisotopic (exact) mass is 375 g/mol. The van der Waals surface area contributed by atoms with Crippen molar-refractivity contribution in [3.8, 4) is 0 Å². The minimum atomic E-state index is -1.07. The van der Waals surface area contributed by atoms with Crippen LogP contribution in [-0.2, 0) is 10.2 Å². The van der Waals surface area contributed by atoms with Crippen molar-refractivity contribution in [1.82, 2.24) is 9.97 Å². The smallest absolute Gasteiger partial charge is 0.549 e. The van der Waals surface area contributed by atoms with Crippen LogP contribution in [0.1, 0.15) is 18.4 Å². The number of nitrogens with zero attached hydrogens (tertiary/aromatic N) is 2. The first-order valence-electron chi connectivity index (χ1n) is 7.99. The van der Waals surface area contributed by atoms with Gasteiger partial charge >= 0.3 is 41.6 Å². The quantitative estimate of drug-likeness (QED) is 0.486. The third-order valence-corrected chi connectivity index (χ3v) is 4.64. The molecule has 0 unspecified atom stereocenters. The molecule has 0 amide bonds. The topological polar surface area (TPSA) is 104 Å². The minimum absolute atomic E-state index is 0.